The topological polar surface area (TPSA) is 60.7 Å². The summed E-state index contributed by atoms with van der Waals surface area (Å²) in [4.78, 5) is 0. The molecule has 0 fully saturated rings. The Balaban J connectivity index is -0.000000579. The van der Waals surface area contributed by atoms with Crippen LogP contribution in [0.15, 0.2) is 78.9 Å². The molecule has 3 nitrogen and oxygen atoms in total. The fourth-order valence-corrected chi connectivity index (χ4v) is 4.58. The van der Waals surface area contributed by atoms with Crippen molar-refractivity contribution in [2.75, 3.05) is 0 Å². The summed E-state index contributed by atoms with van der Waals surface area (Å²) in [6.45, 7) is 34.1. The van der Waals surface area contributed by atoms with Gasteiger partial charge in [-0.25, -0.2) is 0 Å². The van der Waals surface area contributed by atoms with E-state index in [-0.39, 0.29) is 43.9 Å². The summed E-state index contributed by atoms with van der Waals surface area (Å²) in [6.07, 6.45) is 0. The maximum atomic E-state index is 9.60. The fraction of sp³-hybridized carbons (Fsp3) is 0.489. The molecular formula is C47H76O3. The van der Waals surface area contributed by atoms with Crippen LogP contribution in [0, 0.1) is 27.7 Å². The van der Waals surface area contributed by atoms with Crippen molar-refractivity contribution in [1.29, 1.82) is 0 Å². The number of phenolic OH excluding ortho intramolecular Hbond substituents is 3. The quantitative estimate of drug-likeness (QED) is 0.172. The van der Waals surface area contributed by atoms with Crippen LogP contribution in [0.5, 0.6) is 17.2 Å². The lowest BCUT2D eigenvalue weighted by molar-refractivity contribution is 0.465. The van der Waals surface area contributed by atoms with Crippen molar-refractivity contribution >= 4 is 0 Å². The van der Waals surface area contributed by atoms with Gasteiger partial charge in [0.1, 0.15) is 17.2 Å². The van der Waals surface area contributed by atoms with Gasteiger partial charge < -0.3 is 15.3 Å². The monoisotopic (exact) mass is 689 g/mol. The Labute approximate surface area is 309 Å². The van der Waals surface area contributed by atoms with E-state index in [2.05, 4.69) is 126 Å². The van der Waals surface area contributed by atoms with Gasteiger partial charge in [0.05, 0.1) is 0 Å². The predicted octanol–water partition coefficient (Wildman–Crippen LogP) is 14.2. The van der Waals surface area contributed by atoms with Crippen molar-refractivity contribution in [2.24, 2.45) is 0 Å². The first-order valence-electron chi connectivity index (χ1n) is 16.7. The zero-order valence-electron chi connectivity index (χ0n) is 32.3. The van der Waals surface area contributed by atoms with Gasteiger partial charge in [0.15, 0.2) is 0 Å². The van der Waals surface area contributed by atoms with Crippen LogP contribution in [0.2, 0.25) is 0 Å². The Morgan fingerprint density at radius 3 is 1.08 bits per heavy atom. The van der Waals surface area contributed by atoms with E-state index in [9.17, 15) is 10.2 Å². The second-order valence-corrected chi connectivity index (χ2v) is 16.9. The minimum absolute atomic E-state index is 0. The lowest BCUT2D eigenvalue weighted by Crippen LogP contribution is -2.11. The molecule has 0 heterocycles. The molecule has 0 aliphatic rings. The highest BCUT2D eigenvalue weighted by atomic mass is 16.3. The van der Waals surface area contributed by atoms with E-state index < -0.39 is 0 Å². The number of benzene rings is 4. The van der Waals surface area contributed by atoms with Crippen molar-refractivity contribution < 1.29 is 15.3 Å². The third-order valence-corrected chi connectivity index (χ3v) is 8.04. The molecule has 4 rings (SSSR count). The van der Waals surface area contributed by atoms with Gasteiger partial charge in [-0.3, -0.25) is 0 Å². The normalized spacial score (nSPS) is 11.0. The average molecular weight is 689 g/mol. The molecule has 0 amide bonds. The SMILES string of the molecule is C.C.C.CC(C)(C)c1ccc(O)cc1.Cc1cc(C(C)(C)C)cc(C)c1O.Cc1cc(C(C)(C)C)ccc1O.Cc1cccc(C(C)(C)C)c1. The van der Waals surface area contributed by atoms with E-state index in [0.29, 0.717) is 17.2 Å². The van der Waals surface area contributed by atoms with E-state index in [1.54, 1.807) is 18.2 Å². The first-order valence-corrected chi connectivity index (χ1v) is 16.7. The third-order valence-electron chi connectivity index (χ3n) is 8.04. The van der Waals surface area contributed by atoms with Crippen molar-refractivity contribution in [2.45, 2.75) is 155 Å². The molecule has 0 radical (unpaired) electrons. The lowest BCUT2D eigenvalue weighted by Gasteiger charge is -2.20. The largest absolute Gasteiger partial charge is 0.508 e. The molecule has 0 bridgehead atoms. The Morgan fingerprint density at radius 2 is 0.740 bits per heavy atom. The smallest absolute Gasteiger partial charge is 0.121 e. The summed E-state index contributed by atoms with van der Waals surface area (Å²) in [5.41, 5.74) is 10.2. The molecule has 0 aromatic heterocycles. The maximum absolute atomic E-state index is 9.60. The summed E-state index contributed by atoms with van der Waals surface area (Å²) in [6, 6.07) is 25.9. The molecule has 0 saturated heterocycles. The van der Waals surface area contributed by atoms with Gasteiger partial charge >= 0.3 is 0 Å². The molecule has 4 aromatic rings. The van der Waals surface area contributed by atoms with Crippen molar-refractivity contribution in [3.8, 4) is 17.2 Å². The van der Waals surface area contributed by atoms with Gasteiger partial charge in [-0.15, -0.1) is 0 Å². The summed E-state index contributed by atoms with van der Waals surface area (Å²) < 4.78 is 0. The molecule has 0 aliphatic carbocycles. The highest BCUT2D eigenvalue weighted by molar-refractivity contribution is 5.44. The number of rotatable bonds is 0. The van der Waals surface area contributed by atoms with Crippen LogP contribution in [-0.4, -0.2) is 15.3 Å². The van der Waals surface area contributed by atoms with Crippen LogP contribution in [0.4, 0.5) is 0 Å². The highest BCUT2D eigenvalue weighted by Crippen LogP contribution is 2.30. The van der Waals surface area contributed by atoms with Gasteiger partial charge in [-0.1, -0.05) is 172 Å². The zero-order valence-corrected chi connectivity index (χ0v) is 32.3. The van der Waals surface area contributed by atoms with E-state index in [1.807, 2.05) is 45.0 Å². The third kappa shape index (κ3) is 17.3. The van der Waals surface area contributed by atoms with Crippen molar-refractivity contribution in [1.82, 2.24) is 0 Å². The molecule has 0 aliphatic heterocycles. The standard InChI is InChI=1S/C12H18O.C11H16O.C11H16.C10H14O.3CH4/c1-8-6-10(12(3,4)5)7-9(2)11(8)13;1-8-7-9(11(2,3)4)5-6-10(8)12;1-9-6-5-7-10(8-9)11(2,3)4;1-10(2,3)8-4-6-9(11)7-5-8;;;/h6-7,13H,1-5H3;5-7,12H,1-4H3;5-8H,1-4H3;4-7,11H,1-3H3;3*1H4. The van der Waals surface area contributed by atoms with Gasteiger partial charge in [0, 0.05) is 0 Å². The minimum atomic E-state index is 0. The molecule has 0 unspecified atom stereocenters. The van der Waals surface area contributed by atoms with Gasteiger partial charge in [-0.2, -0.15) is 0 Å². The Hall–Kier alpha value is -3.72. The molecule has 282 valence electrons. The Kier molecular flexibility index (Phi) is 20.5. The zero-order chi connectivity index (χ0) is 36.5. The summed E-state index contributed by atoms with van der Waals surface area (Å²) in [5, 5.41) is 27.9. The van der Waals surface area contributed by atoms with Crippen LogP contribution in [0.1, 0.15) is 150 Å². The summed E-state index contributed by atoms with van der Waals surface area (Å²) in [5.74, 6) is 1.13. The first kappa shape index (κ1) is 50.7. The molecule has 4 aromatic carbocycles. The average Bonchev–Trinajstić information content (AvgIpc) is 2.92. The van der Waals surface area contributed by atoms with Crippen molar-refractivity contribution in [3.63, 3.8) is 0 Å². The highest BCUT2D eigenvalue weighted by Gasteiger charge is 2.16. The van der Waals surface area contributed by atoms with Gasteiger partial charge in [0.2, 0.25) is 0 Å². The second kappa shape index (κ2) is 20.2. The minimum Gasteiger partial charge on any atom is -0.508 e. The van der Waals surface area contributed by atoms with Crippen LogP contribution in [0.3, 0.4) is 0 Å². The number of hydrogen-bond donors (Lipinski definition) is 3. The molecule has 0 saturated carbocycles. The molecular weight excluding hydrogens is 613 g/mol. The van der Waals surface area contributed by atoms with Gasteiger partial charge in [0.25, 0.3) is 0 Å². The lowest BCUT2D eigenvalue weighted by atomic mass is 9.85. The number of aromatic hydroxyl groups is 3. The maximum Gasteiger partial charge on any atom is 0.121 e. The summed E-state index contributed by atoms with van der Waals surface area (Å²) >= 11 is 0. The van der Waals surface area contributed by atoms with E-state index >= 15 is 0 Å². The van der Waals surface area contributed by atoms with E-state index in [4.69, 9.17) is 5.11 Å². The fourth-order valence-electron chi connectivity index (χ4n) is 4.58. The Morgan fingerprint density at radius 1 is 0.380 bits per heavy atom. The first-order chi connectivity index (χ1) is 21.2. The van der Waals surface area contributed by atoms with Crippen LogP contribution in [-0.2, 0) is 21.7 Å². The van der Waals surface area contributed by atoms with Crippen LogP contribution in [0.25, 0.3) is 0 Å². The Bertz CT molecular complexity index is 1530. The van der Waals surface area contributed by atoms with Crippen LogP contribution < -0.4 is 0 Å². The predicted molar refractivity (Wildman–Crippen MR) is 225 cm³/mol. The molecule has 3 heteroatoms. The van der Waals surface area contributed by atoms with E-state index in [0.717, 1.165) is 16.7 Å². The number of hydrogen-bond acceptors (Lipinski definition) is 3. The van der Waals surface area contributed by atoms with Crippen molar-refractivity contribution in [3.05, 3.63) is 123 Å². The number of aryl methyl sites for hydroxylation is 4. The molecule has 3 N–H and O–H groups in total. The molecule has 0 spiro atoms. The summed E-state index contributed by atoms with van der Waals surface area (Å²) in [7, 11) is 0. The van der Waals surface area contributed by atoms with E-state index in [1.165, 1.54) is 27.8 Å². The second-order valence-electron chi connectivity index (χ2n) is 16.9. The van der Waals surface area contributed by atoms with Gasteiger partial charge in [-0.05, 0) is 106 Å². The number of phenols is 3. The van der Waals surface area contributed by atoms with Crippen LogP contribution >= 0.6 is 0 Å². The molecule has 50 heavy (non-hydrogen) atoms. The molecule has 0 atom stereocenters.